The van der Waals surface area contributed by atoms with E-state index in [2.05, 4.69) is 216 Å². The predicted octanol–water partition coefficient (Wildman–Crippen LogP) is 14.1. The number of hydrogen-bond acceptors (Lipinski definition) is 1. The molecule has 0 aliphatic rings. The molecule has 0 aliphatic heterocycles. The lowest BCUT2D eigenvalue weighted by Crippen LogP contribution is -2.13. The van der Waals surface area contributed by atoms with E-state index in [1.165, 1.54) is 76.9 Å². The van der Waals surface area contributed by atoms with E-state index in [4.69, 9.17) is 0 Å². The smallest absolute Gasteiger partial charge is 0.0498 e. The average molecular weight is 691 g/mol. The second-order valence-corrected chi connectivity index (χ2v) is 14.0. The minimum absolute atomic E-state index is 0.846. The van der Waals surface area contributed by atoms with Crippen LogP contribution in [0, 0.1) is 0 Å². The van der Waals surface area contributed by atoms with E-state index in [9.17, 15) is 0 Å². The maximum Gasteiger partial charge on any atom is 0.0498 e. The SMILES string of the molecule is c1ccc(-c2ccc(N(c3ccccc3)c3ccccc3CCn3c4ccccc4c4c5c(-c6cccc7ccccc67)cccc5ccc43)cc2)cc1. The molecule has 0 spiro atoms. The van der Waals surface area contributed by atoms with Crippen molar-refractivity contribution >= 4 is 60.4 Å². The van der Waals surface area contributed by atoms with Gasteiger partial charge in [-0.25, -0.2) is 0 Å². The van der Waals surface area contributed by atoms with Gasteiger partial charge >= 0.3 is 0 Å². The Bertz CT molecular complexity index is 2920. The fourth-order valence-electron chi connectivity index (χ4n) is 8.45. The average Bonchev–Trinajstić information content (AvgIpc) is 3.57. The van der Waals surface area contributed by atoms with E-state index >= 15 is 0 Å². The molecule has 1 aromatic heterocycles. The van der Waals surface area contributed by atoms with Gasteiger partial charge in [0.15, 0.2) is 0 Å². The number of anilines is 3. The standard InChI is InChI=1S/C52H38N2/c1-3-15-37(16-4-1)38-29-32-43(33-30-38)54(42-21-5-2-6-22-42)48-27-11-8-18-40(48)35-36-53-49-28-12-10-24-47(49)52-50(53)34-31-41-20-14-26-46(51(41)52)45-25-13-19-39-17-7-9-23-44(39)45/h1-34H,35-36H2. The predicted molar refractivity (Wildman–Crippen MR) is 230 cm³/mol. The topological polar surface area (TPSA) is 8.17 Å². The van der Waals surface area contributed by atoms with Crippen molar-refractivity contribution in [2.45, 2.75) is 13.0 Å². The monoisotopic (exact) mass is 690 g/mol. The van der Waals surface area contributed by atoms with E-state index in [0.717, 1.165) is 24.3 Å². The molecule has 0 N–H and O–H groups in total. The van der Waals surface area contributed by atoms with E-state index in [1.54, 1.807) is 0 Å². The van der Waals surface area contributed by atoms with Crippen molar-refractivity contribution in [3.63, 3.8) is 0 Å². The summed E-state index contributed by atoms with van der Waals surface area (Å²) in [7, 11) is 0. The summed E-state index contributed by atoms with van der Waals surface area (Å²) in [4.78, 5) is 2.40. The summed E-state index contributed by atoms with van der Waals surface area (Å²) in [5.41, 5.74) is 12.3. The molecular formula is C52H38N2. The Morgan fingerprint density at radius 3 is 1.81 bits per heavy atom. The highest BCUT2D eigenvalue weighted by Crippen LogP contribution is 2.42. The molecule has 1 heterocycles. The summed E-state index contributed by atoms with van der Waals surface area (Å²) in [5, 5.41) is 7.74. The molecule has 10 rings (SSSR count). The van der Waals surface area contributed by atoms with E-state index in [0.29, 0.717) is 0 Å². The van der Waals surface area contributed by atoms with Crippen LogP contribution in [0.5, 0.6) is 0 Å². The molecule has 54 heavy (non-hydrogen) atoms. The summed E-state index contributed by atoms with van der Waals surface area (Å²) < 4.78 is 2.54. The quantitative estimate of drug-likeness (QED) is 0.154. The van der Waals surface area contributed by atoms with Gasteiger partial charge in [0.25, 0.3) is 0 Å². The second-order valence-electron chi connectivity index (χ2n) is 14.0. The lowest BCUT2D eigenvalue weighted by molar-refractivity contribution is 0.745. The number of aromatic nitrogens is 1. The molecule has 2 heteroatoms. The third kappa shape index (κ3) is 5.52. The molecular weight excluding hydrogens is 653 g/mol. The third-order valence-electron chi connectivity index (χ3n) is 10.9. The number of aryl methyl sites for hydroxylation is 2. The van der Waals surface area contributed by atoms with Crippen LogP contribution < -0.4 is 4.90 Å². The van der Waals surface area contributed by atoms with Crippen LogP contribution in [0.25, 0.3) is 65.6 Å². The number of benzene rings is 9. The number of nitrogens with zero attached hydrogens (tertiary/aromatic N) is 2. The number of para-hydroxylation sites is 3. The molecule has 2 nitrogen and oxygen atoms in total. The molecule has 0 aliphatic carbocycles. The Labute approximate surface area is 315 Å². The maximum atomic E-state index is 2.54. The van der Waals surface area contributed by atoms with Gasteiger partial charge in [-0.1, -0.05) is 164 Å². The fourth-order valence-corrected chi connectivity index (χ4v) is 8.45. The van der Waals surface area contributed by atoms with E-state index < -0.39 is 0 Å². The first kappa shape index (κ1) is 31.8. The van der Waals surface area contributed by atoms with Gasteiger partial charge in [0.1, 0.15) is 0 Å². The summed E-state index contributed by atoms with van der Waals surface area (Å²) in [5.74, 6) is 0. The van der Waals surface area contributed by atoms with Crippen LogP contribution in [-0.4, -0.2) is 4.57 Å². The molecule has 0 saturated heterocycles. The zero-order valence-electron chi connectivity index (χ0n) is 29.9. The van der Waals surface area contributed by atoms with Crippen LogP contribution in [0.3, 0.4) is 0 Å². The van der Waals surface area contributed by atoms with Crippen LogP contribution in [0.2, 0.25) is 0 Å². The summed E-state index contributed by atoms with van der Waals surface area (Å²) in [6.07, 6.45) is 0.873. The van der Waals surface area contributed by atoms with Gasteiger partial charge in [-0.3, -0.25) is 0 Å². The largest absolute Gasteiger partial charge is 0.340 e. The van der Waals surface area contributed by atoms with Crippen LogP contribution in [0.4, 0.5) is 17.1 Å². The van der Waals surface area contributed by atoms with Crippen molar-refractivity contribution in [1.82, 2.24) is 4.57 Å². The Hall–Kier alpha value is -6.90. The van der Waals surface area contributed by atoms with Gasteiger partial charge in [0.2, 0.25) is 0 Å². The molecule has 10 aromatic rings. The van der Waals surface area contributed by atoms with Gasteiger partial charge in [-0.15, -0.1) is 0 Å². The number of hydrogen-bond donors (Lipinski definition) is 0. The Morgan fingerprint density at radius 1 is 0.370 bits per heavy atom. The Kier molecular flexibility index (Phi) is 8.00. The van der Waals surface area contributed by atoms with Crippen molar-refractivity contribution in [3.05, 3.63) is 212 Å². The Balaban J connectivity index is 1.09. The first-order valence-electron chi connectivity index (χ1n) is 18.8. The maximum absolute atomic E-state index is 2.54. The molecule has 0 amide bonds. The van der Waals surface area contributed by atoms with Crippen LogP contribution >= 0.6 is 0 Å². The first-order valence-corrected chi connectivity index (χ1v) is 18.8. The zero-order chi connectivity index (χ0) is 35.8. The molecule has 0 atom stereocenters. The Morgan fingerprint density at radius 2 is 0.981 bits per heavy atom. The lowest BCUT2D eigenvalue weighted by atomic mass is 9.92. The summed E-state index contributed by atoms with van der Waals surface area (Å²) >= 11 is 0. The molecule has 9 aromatic carbocycles. The van der Waals surface area contributed by atoms with Gasteiger partial charge < -0.3 is 9.47 Å². The van der Waals surface area contributed by atoms with Gasteiger partial charge in [0.05, 0.1) is 0 Å². The van der Waals surface area contributed by atoms with Gasteiger partial charge in [-0.2, -0.15) is 0 Å². The van der Waals surface area contributed by atoms with Gasteiger partial charge in [-0.05, 0) is 98.2 Å². The van der Waals surface area contributed by atoms with Crippen LogP contribution in [-0.2, 0) is 13.0 Å². The highest BCUT2D eigenvalue weighted by molar-refractivity contribution is 6.25. The molecule has 0 saturated carbocycles. The van der Waals surface area contributed by atoms with E-state index in [1.807, 2.05) is 0 Å². The van der Waals surface area contributed by atoms with Crippen molar-refractivity contribution in [2.24, 2.45) is 0 Å². The van der Waals surface area contributed by atoms with E-state index in [-0.39, 0.29) is 0 Å². The van der Waals surface area contributed by atoms with Crippen LogP contribution in [0.15, 0.2) is 206 Å². The van der Waals surface area contributed by atoms with Crippen molar-refractivity contribution < 1.29 is 0 Å². The number of fused-ring (bicyclic) bond motifs is 6. The van der Waals surface area contributed by atoms with Crippen LogP contribution in [0.1, 0.15) is 5.56 Å². The lowest BCUT2D eigenvalue weighted by Gasteiger charge is -2.28. The normalized spacial score (nSPS) is 11.5. The zero-order valence-corrected chi connectivity index (χ0v) is 29.9. The van der Waals surface area contributed by atoms with Crippen molar-refractivity contribution in [2.75, 3.05) is 4.90 Å². The first-order chi connectivity index (χ1) is 26.8. The minimum Gasteiger partial charge on any atom is -0.340 e. The highest BCUT2D eigenvalue weighted by Gasteiger charge is 2.19. The molecule has 0 bridgehead atoms. The highest BCUT2D eigenvalue weighted by atomic mass is 15.1. The molecule has 0 unspecified atom stereocenters. The molecule has 256 valence electrons. The number of rotatable bonds is 8. The summed E-state index contributed by atoms with van der Waals surface area (Å²) in [6.45, 7) is 0.846. The molecule has 0 radical (unpaired) electrons. The second kappa shape index (κ2) is 13.6. The fraction of sp³-hybridized carbons (Fsp3) is 0.0385. The molecule has 0 fully saturated rings. The third-order valence-corrected chi connectivity index (χ3v) is 10.9. The van der Waals surface area contributed by atoms with Crippen molar-refractivity contribution in [1.29, 1.82) is 0 Å². The summed E-state index contributed by atoms with van der Waals surface area (Å²) in [6, 6.07) is 75.0. The van der Waals surface area contributed by atoms with Gasteiger partial charge in [0, 0.05) is 45.4 Å². The van der Waals surface area contributed by atoms with Crippen molar-refractivity contribution in [3.8, 4) is 22.3 Å². The minimum atomic E-state index is 0.846.